The van der Waals surface area contributed by atoms with E-state index in [4.69, 9.17) is 4.74 Å². The molecule has 3 nitrogen and oxygen atoms in total. The lowest BCUT2D eigenvalue weighted by molar-refractivity contribution is 0.0867. The van der Waals surface area contributed by atoms with Gasteiger partial charge in [0, 0.05) is 31.8 Å². The molecule has 0 amide bonds. The first kappa shape index (κ1) is 14.8. The topological polar surface area (TPSA) is 33.3 Å². The summed E-state index contributed by atoms with van der Waals surface area (Å²) in [6.45, 7) is 5.51. The lowest BCUT2D eigenvalue weighted by Crippen LogP contribution is -2.52. The number of rotatable bonds is 5. The molecule has 116 valence electrons. The van der Waals surface area contributed by atoms with Crippen molar-refractivity contribution >= 4 is 0 Å². The van der Waals surface area contributed by atoms with Gasteiger partial charge < -0.3 is 15.4 Å². The van der Waals surface area contributed by atoms with E-state index in [0.29, 0.717) is 12.1 Å². The van der Waals surface area contributed by atoms with Crippen LogP contribution in [0.3, 0.4) is 0 Å². The van der Waals surface area contributed by atoms with E-state index >= 15 is 0 Å². The molecule has 2 saturated heterocycles. The molecule has 2 N–H and O–H groups in total. The summed E-state index contributed by atoms with van der Waals surface area (Å²) < 4.78 is 5.77. The molecule has 0 radical (unpaired) electrons. The molecule has 5 atom stereocenters. The van der Waals surface area contributed by atoms with Gasteiger partial charge in [0.15, 0.2) is 0 Å². The van der Waals surface area contributed by atoms with Crippen LogP contribution in [0.15, 0.2) is 0 Å². The highest BCUT2D eigenvalue weighted by Crippen LogP contribution is 2.32. The van der Waals surface area contributed by atoms with Crippen molar-refractivity contribution in [2.24, 2.45) is 11.8 Å². The minimum absolute atomic E-state index is 0.504. The monoisotopic (exact) mass is 280 g/mol. The number of hydrogen-bond donors (Lipinski definition) is 2. The van der Waals surface area contributed by atoms with Gasteiger partial charge in [-0.05, 0) is 50.4 Å². The molecular weight excluding hydrogens is 248 g/mol. The number of ether oxygens (including phenoxy) is 1. The average Bonchev–Trinajstić information content (AvgIpc) is 2.95. The van der Waals surface area contributed by atoms with Crippen molar-refractivity contribution < 1.29 is 4.74 Å². The fourth-order valence-electron chi connectivity index (χ4n) is 4.56. The summed E-state index contributed by atoms with van der Waals surface area (Å²) in [5.74, 6) is 1.72. The Bertz CT molecular complexity index is 297. The van der Waals surface area contributed by atoms with Gasteiger partial charge in [0.2, 0.25) is 0 Å². The first-order valence-corrected chi connectivity index (χ1v) is 8.95. The van der Waals surface area contributed by atoms with E-state index in [1.165, 1.54) is 44.9 Å². The van der Waals surface area contributed by atoms with Gasteiger partial charge in [-0.1, -0.05) is 19.8 Å². The highest BCUT2D eigenvalue weighted by Gasteiger charge is 2.31. The Labute approximate surface area is 124 Å². The van der Waals surface area contributed by atoms with Crippen molar-refractivity contribution in [1.29, 1.82) is 0 Å². The fraction of sp³-hybridized carbons (Fsp3) is 1.00. The maximum Gasteiger partial charge on any atom is 0.0613 e. The number of piperidine rings is 1. The van der Waals surface area contributed by atoms with Crippen LogP contribution in [0, 0.1) is 11.8 Å². The molecule has 0 aromatic carbocycles. The molecule has 20 heavy (non-hydrogen) atoms. The number of hydrogen-bond acceptors (Lipinski definition) is 3. The number of nitrogens with one attached hydrogen (secondary N) is 2. The standard InChI is InChI=1S/C17H32N2O/c1-2-17-14(9-10-20-17)11-18-12-15-8-7-13-5-3-4-6-16(13)19-15/h13-19H,2-12H2,1H3. The molecule has 0 spiro atoms. The molecule has 2 heterocycles. The normalized spacial score (nSPS) is 41.5. The van der Waals surface area contributed by atoms with Crippen LogP contribution < -0.4 is 10.6 Å². The minimum atomic E-state index is 0.504. The second kappa shape index (κ2) is 7.24. The van der Waals surface area contributed by atoms with Crippen LogP contribution in [-0.4, -0.2) is 37.9 Å². The van der Waals surface area contributed by atoms with Crippen molar-refractivity contribution in [1.82, 2.24) is 10.6 Å². The highest BCUT2D eigenvalue weighted by molar-refractivity contribution is 4.90. The third kappa shape index (κ3) is 3.55. The smallest absolute Gasteiger partial charge is 0.0613 e. The van der Waals surface area contributed by atoms with Gasteiger partial charge in [0.05, 0.1) is 6.10 Å². The van der Waals surface area contributed by atoms with Crippen LogP contribution >= 0.6 is 0 Å². The van der Waals surface area contributed by atoms with E-state index in [-0.39, 0.29) is 0 Å². The Morgan fingerprint density at radius 1 is 1.05 bits per heavy atom. The Morgan fingerprint density at radius 2 is 1.95 bits per heavy atom. The molecule has 3 rings (SSSR count). The molecule has 0 bridgehead atoms. The summed E-state index contributed by atoms with van der Waals surface area (Å²) in [5.41, 5.74) is 0. The Hall–Kier alpha value is -0.120. The van der Waals surface area contributed by atoms with E-state index < -0.39 is 0 Å². The van der Waals surface area contributed by atoms with Gasteiger partial charge in [0.1, 0.15) is 0 Å². The highest BCUT2D eigenvalue weighted by atomic mass is 16.5. The zero-order valence-corrected chi connectivity index (χ0v) is 13.1. The quantitative estimate of drug-likeness (QED) is 0.812. The molecular formula is C17H32N2O. The van der Waals surface area contributed by atoms with Crippen molar-refractivity contribution in [2.75, 3.05) is 19.7 Å². The third-order valence-electron chi connectivity index (χ3n) is 5.79. The Morgan fingerprint density at radius 3 is 2.85 bits per heavy atom. The predicted molar refractivity (Wildman–Crippen MR) is 82.9 cm³/mol. The minimum Gasteiger partial charge on any atom is -0.378 e. The molecule has 1 aliphatic carbocycles. The van der Waals surface area contributed by atoms with E-state index in [1.54, 1.807) is 0 Å². The summed E-state index contributed by atoms with van der Waals surface area (Å²) in [4.78, 5) is 0. The molecule has 1 saturated carbocycles. The molecule has 3 fully saturated rings. The second-order valence-corrected chi connectivity index (χ2v) is 7.12. The average molecular weight is 280 g/mol. The Balaban J connectivity index is 1.36. The predicted octanol–water partition coefficient (Wildman–Crippen LogP) is 2.70. The van der Waals surface area contributed by atoms with Gasteiger partial charge in [-0.25, -0.2) is 0 Å². The molecule has 5 unspecified atom stereocenters. The lowest BCUT2D eigenvalue weighted by Gasteiger charge is -2.40. The third-order valence-corrected chi connectivity index (χ3v) is 5.79. The van der Waals surface area contributed by atoms with E-state index in [0.717, 1.165) is 44.0 Å². The van der Waals surface area contributed by atoms with Crippen molar-refractivity contribution in [2.45, 2.75) is 76.5 Å². The van der Waals surface area contributed by atoms with E-state index in [2.05, 4.69) is 17.6 Å². The van der Waals surface area contributed by atoms with Crippen LogP contribution in [0.25, 0.3) is 0 Å². The SMILES string of the molecule is CCC1OCCC1CNCC1CCC2CCCCC2N1. The van der Waals surface area contributed by atoms with Crippen molar-refractivity contribution in [3.63, 3.8) is 0 Å². The lowest BCUT2D eigenvalue weighted by atomic mass is 9.78. The van der Waals surface area contributed by atoms with E-state index in [9.17, 15) is 0 Å². The van der Waals surface area contributed by atoms with Crippen molar-refractivity contribution in [3.8, 4) is 0 Å². The van der Waals surface area contributed by atoms with Crippen LogP contribution in [0.5, 0.6) is 0 Å². The van der Waals surface area contributed by atoms with Gasteiger partial charge >= 0.3 is 0 Å². The Kier molecular flexibility index (Phi) is 5.36. The molecule has 0 aromatic heterocycles. The first-order valence-electron chi connectivity index (χ1n) is 8.95. The van der Waals surface area contributed by atoms with Crippen LogP contribution in [-0.2, 0) is 4.74 Å². The number of fused-ring (bicyclic) bond motifs is 1. The van der Waals surface area contributed by atoms with Gasteiger partial charge in [-0.3, -0.25) is 0 Å². The maximum absolute atomic E-state index is 5.77. The molecule has 2 aliphatic heterocycles. The van der Waals surface area contributed by atoms with Gasteiger partial charge in [-0.2, -0.15) is 0 Å². The van der Waals surface area contributed by atoms with Gasteiger partial charge in [-0.15, -0.1) is 0 Å². The van der Waals surface area contributed by atoms with Crippen molar-refractivity contribution in [3.05, 3.63) is 0 Å². The van der Waals surface area contributed by atoms with Crippen LogP contribution in [0.2, 0.25) is 0 Å². The molecule has 0 aromatic rings. The zero-order chi connectivity index (χ0) is 13.8. The van der Waals surface area contributed by atoms with E-state index in [1.807, 2.05) is 0 Å². The largest absolute Gasteiger partial charge is 0.378 e. The summed E-state index contributed by atoms with van der Waals surface area (Å²) in [6.07, 6.45) is 11.5. The van der Waals surface area contributed by atoms with Gasteiger partial charge in [0.25, 0.3) is 0 Å². The first-order chi connectivity index (χ1) is 9.86. The maximum atomic E-state index is 5.77. The summed E-state index contributed by atoms with van der Waals surface area (Å²) in [7, 11) is 0. The molecule has 3 aliphatic rings. The fourth-order valence-corrected chi connectivity index (χ4v) is 4.56. The summed E-state index contributed by atoms with van der Waals surface area (Å²) in [5, 5.41) is 7.63. The molecule has 3 heteroatoms. The zero-order valence-electron chi connectivity index (χ0n) is 13.1. The summed E-state index contributed by atoms with van der Waals surface area (Å²) >= 11 is 0. The van der Waals surface area contributed by atoms with Crippen LogP contribution in [0.1, 0.15) is 58.3 Å². The second-order valence-electron chi connectivity index (χ2n) is 7.12. The summed E-state index contributed by atoms with van der Waals surface area (Å²) in [6, 6.07) is 1.53. The van der Waals surface area contributed by atoms with Crippen LogP contribution in [0.4, 0.5) is 0 Å².